The predicted octanol–water partition coefficient (Wildman–Crippen LogP) is 7.46. The number of halogens is 7. The Labute approximate surface area is 225 Å². The highest BCUT2D eigenvalue weighted by atomic mass is 79.9. The van der Waals surface area contributed by atoms with E-state index in [0.29, 0.717) is 42.4 Å². The molecule has 1 amide bonds. The second-order valence-electron chi connectivity index (χ2n) is 10.2. The summed E-state index contributed by atoms with van der Waals surface area (Å²) in [5.41, 5.74) is -3.34. The monoisotopic (exact) mass is 610 g/mol. The lowest BCUT2D eigenvalue weighted by Crippen LogP contribution is -2.50. The average Bonchev–Trinajstić information content (AvgIpc) is 2.78. The highest BCUT2D eigenvalue weighted by Gasteiger charge is 2.37. The van der Waals surface area contributed by atoms with Gasteiger partial charge in [0.1, 0.15) is 5.60 Å². The van der Waals surface area contributed by atoms with E-state index in [4.69, 9.17) is 4.74 Å². The van der Waals surface area contributed by atoms with Gasteiger partial charge in [0, 0.05) is 31.2 Å². The van der Waals surface area contributed by atoms with Gasteiger partial charge in [-0.05, 0) is 79.7 Å². The number of carbonyl (C=O) groups excluding carboxylic acids is 1. The van der Waals surface area contributed by atoms with Crippen LogP contribution in [-0.4, -0.2) is 45.2 Å². The van der Waals surface area contributed by atoms with Crippen LogP contribution in [0.1, 0.15) is 69.3 Å². The molecule has 1 fully saturated rings. The number of alkyl halides is 6. The molecule has 2 unspecified atom stereocenters. The van der Waals surface area contributed by atoms with Crippen LogP contribution in [0, 0.1) is 0 Å². The molecule has 0 bridgehead atoms. The first-order chi connectivity index (χ1) is 17.5. The van der Waals surface area contributed by atoms with E-state index in [9.17, 15) is 31.1 Å². The standard InChI is InChI=1S/C25H29BrF6N4O2/c1-5-18-12-17(6-7-36(18)22(37)38-23(2,3)4)34-21-33-13-19(26)20(35-21)10-14-8-15(24(27,28)29)11-16(9-14)25(30,31)32/h8-9,11,13,17-18H,5-7,10,12H2,1-4H3,(H,33,34,35). The molecule has 6 nitrogen and oxygen atoms in total. The molecule has 2 aromatic rings. The van der Waals surface area contributed by atoms with Crippen molar-refractivity contribution >= 4 is 28.0 Å². The van der Waals surface area contributed by atoms with Crippen molar-refractivity contribution in [2.75, 3.05) is 11.9 Å². The molecule has 210 valence electrons. The van der Waals surface area contributed by atoms with Crippen LogP contribution in [0.4, 0.5) is 37.1 Å². The number of anilines is 1. The molecule has 1 aromatic carbocycles. The van der Waals surface area contributed by atoms with E-state index in [2.05, 4.69) is 31.2 Å². The maximum absolute atomic E-state index is 13.3. The minimum Gasteiger partial charge on any atom is -0.444 e. The van der Waals surface area contributed by atoms with E-state index in [1.54, 1.807) is 25.7 Å². The number of piperidine rings is 1. The molecule has 0 aliphatic carbocycles. The number of nitrogens with one attached hydrogen (secondary N) is 1. The summed E-state index contributed by atoms with van der Waals surface area (Å²) in [7, 11) is 0. The Morgan fingerprint density at radius 1 is 1.11 bits per heavy atom. The third-order valence-electron chi connectivity index (χ3n) is 5.98. The van der Waals surface area contributed by atoms with Crippen molar-refractivity contribution in [3.8, 4) is 0 Å². The molecule has 3 rings (SSSR count). The summed E-state index contributed by atoms with van der Waals surface area (Å²) < 4.78 is 85.4. The summed E-state index contributed by atoms with van der Waals surface area (Å²) in [6.45, 7) is 7.80. The Morgan fingerprint density at radius 2 is 1.71 bits per heavy atom. The van der Waals surface area contributed by atoms with Gasteiger partial charge in [-0.3, -0.25) is 0 Å². The summed E-state index contributed by atoms with van der Waals surface area (Å²) in [6, 6.07) is 1.29. The zero-order valence-corrected chi connectivity index (χ0v) is 22.9. The van der Waals surface area contributed by atoms with Crippen molar-refractivity contribution < 1.29 is 35.9 Å². The second kappa shape index (κ2) is 11.3. The van der Waals surface area contributed by atoms with Gasteiger partial charge in [0.25, 0.3) is 0 Å². The highest BCUT2D eigenvalue weighted by Crippen LogP contribution is 2.37. The highest BCUT2D eigenvalue weighted by molar-refractivity contribution is 9.10. The van der Waals surface area contributed by atoms with Crippen molar-refractivity contribution in [3.05, 3.63) is 51.3 Å². The molecule has 2 atom stereocenters. The predicted molar refractivity (Wildman–Crippen MR) is 133 cm³/mol. The first-order valence-corrected chi connectivity index (χ1v) is 12.8. The summed E-state index contributed by atoms with van der Waals surface area (Å²) in [6.07, 6.45) is -7.27. The normalized spacial score (nSPS) is 18.9. The topological polar surface area (TPSA) is 67.4 Å². The molecular formula is C25H29BrF6N4O2. The van der Waals surface area contributed by atoms with Gasteiger partial charge < -0.3 is 15.0 Å². The van der Waals surface area contributed by atoms with E-state index in [1.165, 1.54) is 6.20 Å². The SMILES string of the molecule is CCC1CC(Nc2ncc(Br)c(Cc3cc(C(F)(F)F)cc(C(F)(F)F)c3)n2)CCN1C(=O)OC(C)(C)C. The van der Waals surface area contributed by atoms with Crippen LogP contribution >= 0.6 is 15.9 Å². The zero-order valence-electron chi connectivity index (χ0n) is 21.3. The Bertz CT molecular complexity index is 1120. The van der Waals surface area contributed by atoms with Crippen LogP contribution in [-0.2, 0) is 23.5 Å². The van der Waals surface area contributed by atoms with Gasteiger partial charge in [0.15, 0.2) is 0 Å². The molecule has 1 saturated heterocycles. The largest absolute Gasteiger partial charge is 0.444 e. The molecule has 1 aliphatic heterocycles. The fraction of sp³-hybridized carbons (Fsp3) is 0.560. The van der Waals surface area contributed by atoms with Gasteiger partial charge in [-0.2, -0.15) is 26.3 Å². The maximum atomic E-state index is 13.3. The van der Waals surface area contributed by atoms with Gasteiger partial charge in [0.05, 0.1) is 21.3 Å². The number of nitrogens with zero attached hydrogens (tertiary/aromatic N) is 3. The summed E-state index contributed by atoms with van der Waals surface area (Å²) in [5.74, 6) is 0.191. The fourth-order valence-electron chi connectivity index (χ4n) is 4.22. The maximum Gasteiger partial charge on any atom is 0.416 e. The first kappa shape index (κ1) is 30.0. The number of hydrogen-bond donors (Lipinski definition) is 1. The van der Waals surface area contributed by atoms with Crippen molar-refractivity contribution in [2.24, 2.45) is 0 Å². The van der Waals surface area contributed by atoms with Crippen LogP contribution in [0.15, 0.2) is 28.9 Å². The van der Waals surface area contributed by atoms with Crippen LogP contribution in [0.25, 0.3) is 0 Å². The molecule has 1 aromatic heterocycles. The number of rotatable bonds is 5. The molecule has 1 N–H and O–H groups in total. The number of benzene rings is 1. The Kier molecular flexibility index (Phi) is 8.89. The molecule has 0 radical (unpaired) electrons. The lowest BCUT2D eigenvalue weighted by Gasteiger charge is -2.39. The Balaban J connectivity index is 1.77. The number of hydrogen-bond acceptors (Lipinski definition) is 5. The van der Waals surface area contributed by atoms with Crippen molar-refractivity contribution in [2.45, 2.75) is 83.4 Å². The van der Waals surface area contributed by atoms with Gasteiger partial charge in [-0.1, -0.05) is 6.92 Å². The molecule has 0 spiro atoms. The van der Waals surface area contributed by atoms with Crippen molar-refractivity contribution in [3.63, 3.8) is 0 Å². The zero-order chi connectivity index (χ0) is 28.5. The number of aromatic nitrogens is 2. The average molecular weight is 611 g/mol. The number of ether oxygens (including phenoxy) is 1. The number of likely N-dealkylation sites (tertiary alicyclic amines) is 1. The number of carbonyl (C=O) groups is 1. The molecular weight excluding hydrogens is 582 g/mol. The second-order valence-corrected chi connectivity index (χ2v) is 11.0. The van der Waals surface area contributed by atoms with E-state index in [0.717, 1.165) is 0 Å². The molecule has 1 aliphatic rings. The van der Waals surface area contributed by atoms with Crippen LogP contribution < -0.4 is 5.32 Å². The smallest absolute Gasteiger partial charge is 0.416 e. The van der Waals surface area contributed by atoms with Crippen LogP contribution in [0.5, 0.6) is 0 Å². The van der Waals surface area contributed by atoms with Crippen LogP contribution in [0.3, 0.4) is 0 Å². The van der Waals surface area contributed by atoms with Gasteiger partial charge in [0.2, 0.25) is 5.95 Å². The van der Waals surface area contributed by atoms with Crippen molar-refractivity contribution in [1.82, 2.24) is 14.9 Å². The minimum absolute atomic E-state index is 0.0862. The summed E-state index contributed by atoms with van der Waals surface area (Å²) >= 11 is 3.24. The van der Waals surface area contributed by atoms with Gasteiger partial charge >= 0.3 is 18.4 Å². The molecule has 38 heavy (non-hydrogen) atoms. The van der Waals surface area contributed by atoms with Crippen LogP contribution in [0.2, 0.25) is 0 Å². The molecule has 2 heterocycles. The first-order valence-electron chi connectivity index (χ1n) is 12.0. The summed E-state index contributed by atoms with van der Waals surface area (Å²) in [5, 5.41) is 3.20. The third-order valence-corrected chi connectivity index (χ3v) is 6.65. The lowest BCUT2D eigenvalue weighted by molar-refractivity contribution is -0.143. The van der Waals surface area contributed by atoms with Gasteiger partial charge in [-0.25, -0.2) is 14.8 Å². The quantitative estimate of drug-likeness (QED) is 0.356. The fourth-order valence-corrected chi connectivity index (χ4v) is 4.55. The van der Waals surface area contributed by atoms with Gasteiger partial charge in [-0.15, -0.1) is 0 Å². The molecule has 0 saturated carbocycles. The van der Waals surface area contributed by atoms with E-state index in [1.807, 2.05) is 6.92 Å². The number of amides is 1. The minimum atomic E-state index is -4.93. The summed E-state index contributed by atoms with van der Waals surface area (Å²) in [4.78, 5) is 22.9. The Morgan fingerprint density at radius 3 is 2.24 bits per heavy atom. The van der Waals surface area contributed by atoms with Crippen molar-refractivity contribution in [1.29, 1.82) is 0 Å². The Hall–Kier alpha value is -2.57. The van der Waals surface area contributed by atoms with E-state index >= 15 is 0 Å². The van der Waals surface area contributed by atoms with E-state index < -0.39 is 29.1 Å². The third kappa shape index (κ3) is 7.97. The lowest BCUT2D eigenvalue weighted by atomic mass is 9.96. The van der Waals surface area contributed by atoms with E-state index in [-0.39, 0.29) is 47.9 Å². The molecule has 13 heteroatoms.